The number of carbonyl (C=O) groups is 3. The maximum Gasteiger partial charge on any atom is 0.302 e. The molecule has 0 aromatic heterocycles. The summed E-state index contributed by atoms with van der Waals surface area (Å²) in [6.45, 7) is 1.51. The zero-order valence-electron chi connectivity index (χ0n) is 12.9. The molecule has 0 saturated heterocycles. The van der Waals surface area contributed by atoms with E-state index in [1.807, 2.05) is 0 Å². The number of hydrogen-bond acceptors (Lipinski definition) is 7. The number of imide groups is 1. The van der Waals surface area contributed by atoms with Gasteiger partial charge in [0.2, 0.25) is 0 Å². The summed E-state index contributed by atoms with van der Waals surface area (Å²) < 4.78 is 30.2. The van der Waals surface area contributed by atoms with E-state index >= 15 is 0 Å². The molecule has 0 radical (unpaired) electrons. The van der Waals surface area contributed by atoms with Crippen molar-refractivity contribution in [1.82, 2.24) is 5.06 Å². The van der Waals surface area contributed by atoms with Crippen LogP contribution in [0.3, 0.4) is 0 Å². The Morgan fingerprint density at radius 2 is 1.78 bits per heavy atom. The van der Waals surface area contributed by atoms with Crippen LogP contribution in [0.5, 0.6) is 0 Å². The van der Waals surface area contributed by atoms with Gasteiger partial charge in [0.1, 0.15) is 6.10 Å². The first-order valence-corrected chi connectivity index (χ1v) is 9.10. The van der Waals surface area contributed by atoms with Crippen molar-refractivity contribution in [3.8, 4) is 0 Å². The highest BCUT2D eigenvalue weighted by molar-refractivity contribution is 7.85. The molecule has 9 heteroatoms. The number of hydrogen-bond donors (Lipinski definition) is 0. The fraction of sp³-hybridized carbons (Fsp3) is 0.643. The van der Waals surface area contributed by atoms with Crippen LogP contribution in [0, 0.1) is 11.8 Å². The average Bonchev–Trinajstić information content (AvgIpc) is 3.09. The van der Waals surface area contributed by atoms with E-state index < -0.39 is 21.9 Å². The molecule has 0 N–H and O–H groups in total. The Kier molecular flexibility index (Phi) is 5.20. The lowest BCUT2D eigenvalue weighted by Crippen LogP contribution is -2.32. The number of amides is 2. The lowest BCUT2D eigenvalue weighted by Gasteiger charge is -2.20. The molecule has 0 aromatic carbocycles. The average molecular weight is 345 g/mol. The van der Waals surface area contributed by atoms with E-state index in [1.54, 1.807) is 0 Å². The molecule has 2 aliphatic carbocycles. The number of ether oxygens (including phenoxy) is 1. The summed E-state index contributed by atoms with van der Waals surface area (Å²) >= 11 is 0. The lowest BCUT2D eigenvalue weighted by atomic mass is 9.98. The van der Waals surface area contributed by atoms with Gasteiger partial charge in [0.15, 0.2) is 0 Å². The molecular weight excluding hydrogens is 326 g/mol. The molecule has 0 spiro atoms. The standard InChI is InChI=1S/C9H14O2.C5H5NO5S/c1-6(10)11-9-5-7-2-3-8(9)4-7;1-12(9,10)11-6-4(7)2-3-5(6)8/h7-9H,2-5H2,1H3;2-3H,1H3. The van der Waals surface area contributed by atoms with Crippen LogP contribution in [0.2, 0.25) is 0 Å². The van der Waals surface area contributed by atoms with Gasteiger partial charge < -0.3 is 4.74 Å². The van der Waals surface area contributed by atoms with E-state index in [0.29, 0.717) is 5.92 Å². The number of nitrogens with zero attached hydrogens (tertiary/aromatic N) is 1. The fourth-order valence-corrected chi connectivity index (χ4v) is 3.56. The first kappa shape index (κ1) is 17.6. The van der Waals surface area contributed by atoms with Gasteiger partial charge in [0.05, 0.1) is 6.26 Å². The van der Waals surface area contributed by atoms with Crippen molar-refractivity contribution >= 4 is 27.9 Å². The smallest absolute Gasteiger partial charge is 0.302 e. The summed E-state index contributed by atoms with van der Waals surface area (Å²) in [7, 11) is -3.83. The predicted octanol–water partition coefficient (Wildman–Crippen LogP) is 0.541. The van der Waals surface area contributed by atoms with E-state index in [-0.39, 0.29) is 17.1 Å². The zero-order valence-corrected chi connectivity index (χ0v) is 13.7. The molecule has 3 rings (SSSR count). The van der Waals surface area contributed by atoms with Gasteiger partial charge in [-0.05, 0) is 37.5 Å². The van der Waals surface area contributed by atoms with Crippen molar-refractivity contribution in [2.24, 2.45) is 11.8 Å². The molecule has 8 nitrogen and oxygen atoms in total. The molecule has 3 aliphatic rings. The van der Waals surface area contributed by atoms with Crippen LogP contribution >= 0.6 is 0 Å². The third kappa shape index (κ3) is 4.87. The molecule has 0 aromatic rings. The third-order valence-electron chi connectivity index (χ3n) is 3.97. The van der Waals surface area contributed by atoms with Crippen molar-refractivity contribution in [1.29, 1.82) is 0 Å². The van der Waals surface area contributed by atoms with Crippen LogP contribution < -0.4 is 0 Å². The summed E-state index contributed by atoms with van der Waals surface area (Å²) in [5.41, 5.74) is 0. The normalized spacial score (nSPS) is 28.8. The van der Waals surface area contributed by atoms with Crippen molar-refractivity contribution < 1.29 is 31.8 Å². The Bertz CT molecular complexity index is 622. The van der Waals surface area contributed by atoms with Gasteiger partial charge in [0.25, 0.3) is 21.9 Å². The molecule has 2 bridgehead atoms. The molecular formula is C14H19NO7S. The molecule has 2 amide bonds. The summed E-state index contributed by atoms with van der Waals surface area (Å²) in [4.78, 5) is 32.0. The highest BCUT2D eigenvalue weighted by Crippen LogP contribution is 2.45. The summed E-state index contributed by atoms with van der Waals surface area (Å²) in [6.07, 6.45) is 7.94. The molecule has 1 aliphatic heterocycles. The second-order valence-corrected chi connectivity index (χ2v) is 7.46. The Balaban J connectivity index is 0.000000167. The number of esters is 1. The quantitative estimate of drug-likeness (QED) is 0.543. The SMILES string of the molecule is CC(=O)OC1CC2CCC1C2.CS(=O)(=O)ON1C(=O)C=CC1=O. The van der Waals surface area contributed by atoms with Crippen LogP contribution in [0.15, 0.2) is 12.2 Å². The molecule has 2 saturated carbocycles. The molecule has 2 fully saturated rings. The second kappa shape index (κ2) is 6.79. The first-order valence-electron chi connectivity index (χ1n) is 7.28. The van der Waals surface area contributed by atoms with Crippen LogP contribution in [0.4, 0.5) is 0 Å². The topological polar surface area (TPSA) is 107 Å². The maximum atomic E-state index is 10.7. The Hall–Kier alpha value is -1.74. The molecule has 23 heavy (non-hydrogen) atoms. The highest BCUT2D eigenvalue weighted by atomic mass is 32.2. The molecule has 128 valence electrons. The Morgan fingerprint density at radius 3 is 2.17 bits per heavy atom. The summed E-state index contributed by atoms with van der Waals surface area (Å²) in [5, 5.41) is 0.176. The van der Waals surface area contributed by atoms with E-state index in [9.17, 15) is 22.8 Å². The van der Waals surface area contributed by atoms with Crippen LogP contribution in [-0.4, -0.2) is 43.6 Å². The van der Waals surface area contributed by atoms with E-state index in [2.05, 4.69) is 4.28 Å². The lowest BCUT2D eigenvalue weighted by molar-refractivity contribution is -0.161. The second-order valence-electron chi connectivity index (χ2n) is 5.91. The minimum Gasteiger partial charge on any atom is -0.462 e. The van der Waals surface area contributed by atoms with Gasteiger partial charge in [-0.1, -0.05) is 0 Å². The maximum absolute atomic E-state index is 10.7. The first-order chi connectivity index (χ1) is 10.7. The van der Waals surface area contributed by atoms with Crippen molar-refractivity contribution in [2.45, 2.75) is 38.7 Å². The minimum absolute atomic E-state index is 0.109. The summed E-state index contributed by atoms with van der Waals surface area (Å²) in [6, 6.07) is 0. The van der Waals surface area contributed by atoms with Crippen molar-refractivity contribution in [3.63, 3.8) is 0 Å². The van der Waals surface area contributed by atoms with Gasteiger partial charge >= 0.3 is 5.97 Å². The van der Waals surface area contributed by atoms with Crippen LogP contribution in [-0.2, 0) is 33.5 Å². The van der Waals surface area contributed by atoms with Gasteiger partial charge in [-0.3, -0.25) is 14.4 Å². The number of carbonyl (C=O) groups excluding carboxylic acids is 3. The van der Waals surface area contributed by atoms with Gasteiger partial charge in [-0.2, -0.15) is 8.42 Å². The van der Waals surface area contributed by atoms with Crippen molar-refractivity contribution in [2.75, 3.05) is 6.26 Å². The van der Waals surface area contributed by atoms with Gasteiger partial charge in [-0.25, -0.2) is 0 Å². The monoisotopic (exact) mass is 345 g/mol. The minimum atomic E-state index is -3.83. The largest absolute Gasteiger partial charge is 0.462 e. The molecule has 3 unspecified atom stereocenters. The van der Waals surface area contributed by atoms with Gasteiger partial charge in [0, 0.05) is 19.1 Å². The number of rotatable bonds is 3. The Labute approximate surface area is 134 Å². The summed E-state index contributed by atoms with van der Waals surface area (Å²) in [5.74, 6) is -0.147. The molecule has 1 heterocycles. The predicted molar refractivity (Wildman–Crippen MR) is 77.9 cm³/mol. The van der Waals surface area contributed by atoms with E-state index in [4.69, 9.17) is 4.74 Å². The zero-order chi connectivity index (χ0) is 17.2. The highest BCUT2D eigenvalue weighted by Gasteiger charge is 2.41. The van der Waals surface area contributed by atoms with E-state index in [1.165, 1.54) is 26.2 Å². The third-order valence-corrected chi connectivity index (χ3v) is 4.39. The number of fused-ring (bicyclic) bond motifs is 2. The van der Waals surface area contributed by atoms with Crippen LogP contribution in [0.25, 0.3) is 0 Å². The number of hydroxylamine groups is 2. The van der Waals surface area contributed by atoms with Gasteiger partial charge in [-0.15, -0.1) is 9.35 Å². The fourth-order valence-electron chi connectivity index (χ4n) is 3.14. The Morgan fingerprint density at radius 1 is 1.17 bits per heavy atom. The van der Waals surface area contributed by atoms with Crippen LogP contribution in [0.1, 0.15) is 32.6 Å². The molecule has 3 atom stereocenters. The van der Waals surface area contributed by atoms with E-state index in [0.717, 1.165) is 30.7 Å². The van der Waals surface area contributed by atoms with Crippen molar-refractivity contribution in [3.05, 3.63) is 12.2 Å².